The van der Waals surface area contributed by atoms with Gasteiger partial charge in [-0.15, -0.1) is 0 Å². The molecule has 0 bridgehead atoms. The fourth-order valence-electron chi connectivity index (χ4n) is 2.03. The second-order valence-corrected chi connectivity index (χ2v) is 4.47. The molecule has 1 aromatic rings. The van der Waals surface area contributed by atoms with Crippen LogP contribution in [0.4, 0.5) is 0 Å². The maximum atomic E-state index is 11.3. The summed E-state index contributed by atoms with van der Waals surface area (Å²) in [6, 6.07) is 0. The Bertz CT molecular complexity index is 409. The van der Waals surface area contributed by atoms with E-state index in [-0.39, 0.29) is 5.69 Å². The van der Waals surface area contributed by atoms with Crippen molar-refractivity contribution in [2.75, 3.05) is 6.54 Å². The van der Waals surface area contributed by atoms with Gasteiger partial charge in [-0.1, -0.05) is 13.8 Å². The van der Waals surface area contributed by atoms with Gasteiger partial charge in [-0.2, -0.15) is 4.98 Å². The van der Waals surface area contributed by atoms with Gasteiger partial charge in [-0.25, -0.2) is 4.79 Å². The van der Waals surface area contributed by atoms with Crippen LogP contribution in [-0.2, 0) is 19.4 Å². The van der Waals surface area contributed by atoms with Crippen molar-refractivity contribution < 1.29 is 0 Å². The molecule has 0 spiro atoms. The molecule has 0 aliphatic carbocycles. The SMILES string of the molecule is CC(C)Cc1nc(=O)[nH]c2c1CCNC2. The van der Waals surface area contributed by atoms with Crippen LogP contribution in [0.25, 0.3) is 0 Å². The average Bonchev–Trinajstić information content (AvgIpc) is 2.16. The number of hydrogen-bond acceptors (Lipinski definition) is 3. The predicted molar refractivity (Wildman–Crippen MR) is 58.8 cm³/mol. The first-order valence-corrected chi connectivity index (χ1v) is 5.48. The predicted octanol–water partition coefficient (Wildman–Crippen LogP) is 0.614. The van der Waals surface area contributed by atoms with Crippen LogP contribution in [0.2, 0.25) is 0 Å². The molecule has 0 aromatic carbocycles. The molecule has 2 N–H and O–H groups in total. The number of nitrogens with one attached hydrogen (secondary N) is 2. The van der Waals surface area contributed by atoms with Crippen molar-refractivity contribution in [2.45, 2.75) is 33.2 Å². The summed E-state index contributed by atoms with van der Waals surface area (Å²) in [5, 5.41) is 3.25. The number of nitrogens with zero attached hydrogens (tertiary/aromatic N) is 1. The van der Waals surface area contributed by atoms with Gasteiger partial charge in [0.25, 0.3) is 0 Å². The number of fused-ring (bicyclic) bond motifs is 1. The van der Waals surface area contributed by atoms with E-state index in [2.05, 4.69) is 29.1 Å². The Morgan fingerprint density at radius 2 is 2.27 bits per heavy atom. The van der Waals surface area contributed by atoms with Crippen molar-refractivity contribution in [1.29, 1.82) is 0 Å². The Hall–Kier alpha value is -1.16. The molecule has 0 amide bonds. The van der Waals surface area contributed by atoms with Gasteiger partial charge in [0.05, 0.1) is 5.69 Å². The van der Waals surface area contributed by atoms with Gasteiger partial charge < -0.3 is 10.3 Å². The number of aromatic amines is 1. The number of rotatable bonds is 2. The summed E-state index contributed by atoms with van der Waals surface area (Å²) in [4.78, 5) is 18.2. The molecule has 0 unspecified atom stereocenters. The summed E-state index contributed by atoms with van der Waals surface area (Å²) in [6.07, 6.45) is 1.87. The highest BCUT2D eigenvalue weighted by Gasteiger charge is 2.16. The third-order valence-electron chi connectivity index (χ3n) is 2.66. The van der Waals surface area contributed by atoms with E-state index in [1.54, 1.807) is 0 Å². The normalized spacial score (nSPS) is 15.4. The lowest BCUT2D eigenvalue weighted by molar-refractivity contribution is 0.583. The molecule has 0 fully saturated rings. The van der Waals surface area contributed by atoms with Gasteiger partial charge in [-0.3, -0.25) is 0 Å². The van der Waals surface area contributed by atoms with Crippen LogP contribution in [0.1, 0.15) is 30.8 Å². The summed E-state index contributed by atoms with van der Waals surface area (Å²) in [7, 11) is 0. The molecule has 0 radical (unpaired) electrons. The van der Waals surface area contributed by atoms with Gasteiger partial charge in [0.1, 0.15) is 0 Å². The van der Waals surface area contributed by atoms with E-state index in [1.165, 1.54) is 5.56 Å². The molecule has 15 heavy (non-hydrogen) atoms. The molecule has 1 aromatic heterocycles. The standard InChI is InChI=1S/C11H17N3O/c1-7(2)5-9-8-3-4-12-6-10(8)14-11(15)13-9/h7,12H,3-6H2,1-2H3,(H,13,14,15). The zero-order chi connectivity index (χ0) is 10.8. The number of H-pyrrole nitrogens is 1. The summed E-state index contributed by atoms with van der Waals surface area (Å²) < 4.78 is 0. The molecular weight excluding hydrogens is 190 g/mol. The van der Waals surface area contributed by atoms with Gasteiger partial charge in [0, 0.05) is 12.2 Å². The highest BCUT2D eigenvalue weighted by atomic mass is 16.1. The van der Waals surface area contributed by atoms with Crippen LogP contribution in [0, 0.1) is 5.92 Å². The van der Waals surface area contributed by atoms with Gasteiger partial charge in [0.2, 0.25) is 0 Å². The monoisotopic (exact) mass is 207 g/mol. The van der Waals surface area contributed by atoms with Crippen LogP contribution < -0.4 is 11.0 Å². The van der Waals surface area contributed by atoms with Crippen LogP contribution in [0.15, 0.2) is 4.79 Å². The maximum Gasteiger partial charge on any atom is 0.345 e. The lowest BCUT2D eigenvalue weighted by Gasteiger charge is -2.19. The molecule has 82 valence electrons. The Labute approximate surface area is 89.1 Å². The fraction of sp³-hybridized carbons (Fsp3) is 0.636. The molecule has 4 heteroatoms. The van der Waals surface area contributed by atoms with Gasteiger partial charge in [0.15, 0.2) is 0 Å². The first kappa shape index (κ1) is 10.4. The maximum absolute atomic E-state index is 11.3. The third kappa shape index (κ3) is 2.26. The molecule has 4 nitrogen and oxygen atoms in total. The Balaban J connectivity index is 2.43. The minimum atomic E-state index is -0.215. The minimum Gasteiger partial charge on any atom is -0.311 e. The largest absolute Gasteiger partial charge is 0.345 e. The second kappa shape index (κ2) is 4.14. The summed E-state index contributed by atoms with van der Waals surface area (Å²) in [6.45, 7) is 6.04. The van der Waals surface area contributed by atoms with Crippen molar-refractivity contribution in [2.24, 2.45) is 5.92 Å². The first-order chi connectivity index (χ1) is 7.16. The zero-order valence-electron chi connectivity index (χ0n) is 9.26. The van der Waals surface area contributed by atoms with Crippen molar-refractivity contribution in [3.8, 4) is 0 Å². The Morgan fingerprint density at radius 3 is 3.00 bits per heavy atom. The van der Waals surface area contributed by atoms with E-state index >= 15 is 0 Å². The summed E-state index contributed by atoms with van der Waals surface area (Å²) in [5.41, 5.74) is 3.05. The molecule has 1 aliphatic rings. The van der Waals surface area contributed by atoms with Crippen molar-refractivity contribution in [3.63, 3.8) is 0 Å². The number of hydrogen-bond donors (Lipinski definition) is 2. The van der Waals surface area contributed by atoms with Crippen molar-refractivity contribution in [3.05, 3.63) is 27.4 Å². The van der Waals surface area contributed by atoms with E-state index in [1.807, 2.05) is 0 Å². The van der Waals surface area contributed by atoms with Crippen LogP contribution in [0.5, 0.6) is 0 Å². The zero-order valence-corrected chi connectivity index (χ0v) is 9.26. The molecular formula is C11H17N3O. The highest BCUT2D eigenvalue weighted by Crippen LogP contribution is 2.15. The average molecular weight is 207 g/mol. The second-order valence-electron chi connectivity index (χ2n) is 4.47. The Kier molecular flexibility index (Phi) is 2.86. The molecule has 1 aliphatic heterocycles. The minimum absolute atomic E-state index is 0.215. The third-order valence-corrected chi connectivity index (χ3v) is 2.66. The molecule has 2 rings (SSSR count). The van der Waals surface area contributed by atoms with E-state index in [9.17, 15) is 4.79 Å². The fourth-order valence-corrected chi connectivity index (χ4v) is 2.03. The van der Waals surface area contributed by atoms with Gasteiger partial charge in [-0.05, 0) is 30.9 Å². The van der Waals surface area contributed by atoms with Crippen molar-refractivity contribution in [1.82, 2.24) is 15.3 Å². The smallest absolute Gasteiger partial charge is 0.311 e. The van der Waals surface area contributed by atoms with Crippen LogP contribution >= 0.6 is 0 Å². The Morgan fingerprint density at radius 1 is 1.47 bits per heavy atom. The topological polar surface area (TPSA) is 57.8 Å². The van der Waals surface area contributed by atoms with E-state index in [4.69, 9.17) is 0 Å². The highest BCUT2D eigenvalue weighted by molar-refractivity contribution is 5.27. The van der Waals surface area contributed by atoms with Gasteiger partial charge >= 0.3 is 5.69 Å². The lowest BCUT2D eigenvalue weighted by Crippen LogP contribution is -2.30. The van der Waals surface area contributed by atoms with Crippen LogP contribution in [0.3, 0.4) is 0 Å². The molecule has 0 saturated carbocycles. The molecule has 0 atom stereocenters. The lowest BCUT2D eigenvalue weighted by atomic mass is 9.98. The number of aromatic nitrogens is 2. The molecule has 0 saturated heterocycles. The van der Waals surface area contributed by atoms with Crippen LogP contribution in [-0.4, -0.2) is 16.5 Å². The first-order valence-electron chi connectivity index (χ1n) is 5.48. The van der Waals surface area contributed by atoms with Crippen molar-refractivity contribution >= 4 is 0 Å². The van der Waals surface area contributed by atoms with E-state index in [0.29, 0.717) is 5.92 Å². The summed E-state index contributed by atoms with van der Waals surface area (Å²) >= 11 is 0. The molecule has 2 heterocycles. The quantitative estimate of drug-likeness (QED) is 0.747. The summed E-state index contributed by atoms with van der Waals surface area (Å²) in [5.74, 6) is 0.540. The van der Waals surface area contributed by atoms with E-state index < -0.39 is 0 Å². The van der Waals surface area contributed by atoms with E-state index in [0.717, 1.165) is 37.3 Å².